The molecule has 0 spiro atoms. The summed E-state index contributed by atoms with van der Waals surface area (Å²) in [7, 11) is -3.10. The van der Waals surface area contributed by atoms with E-state index in [2.05, 4.69) is 21.2 Å². The zero-order valence-corrected chi connectivity index (χ0v) is 14.5. The van der Waals surface area contributed by atoms with Crippen LogP contribution in [0.3, 0.4) is 0 Å². The lowest BCUT2D eigenvalue weighted by Crippen LogP contribution is -2.46. The first-order valence-electron chi connectivity index (χ1n) is 6.90. The van der Waals surface area contributed by atoms with Gasteiger partial charge in [-0.15, -0.1) is 0 Å². The van der Waals surface area contributed by atoms with Crippen molar-refractivity contribution in [1.82, 2.24) is 4.90 Å². The zero-order valence-electron chi connectivity index (χ0n) is 12.1. The van der Waals surface area contributed by atoms with Gasteiger partial charge in [0.05, 0.1) is 11.5 Å². The highest BCUT2D eigenvalue weighted by Crippen LogP contribution is 2.19. The molecule has 1 atom stereocenters. The summed E-state index contributed by atoms with van der Waals surface area (Å²) in [6.07, 6.45) is 0.382. The van der Waals surface area contributed by atoms with Crippen molar-refractivity contribution in [1.29, 1.82) is 0 Å². The first-order valence-corrected chi connectivity index (χ1v) is 9.52. The highest BCUT2D eigenvalue weighted by molar-refractivity contribution is 9.10. The minimum atomic E-state index is -3.10. The molecule has 0 bridgehead atoms. The number of amides is 2. The lowest BCUT2D eigenvalue weighted by atomic mass is 10.2. The van der Waals surface area contributed by atoms with Crippen molar-refractivity contribution in [2.45, 2.75) is 19.4 Å². The highest BCUT2D eigenvalue weighted by Gasteiger charge is 2.35. The van der Waals surface area contributed by atoms with Gasteiger partial charge in [-0.2, -0.15) is 0 Å². The van der Waals surface area contributed by atoms with Crippen molar-refractivity contribution in [3.05, 3.63) is 28.7 Å². The Balaban J connectivity index is 2.05. The molecule has 1 aromatic carbocycles. The highest BCUT2D eigenvalue weighted by atomic mass is 79.9. The number of anilines is 1. The van der Waals surface area contributed by atoms with Gasteiger partial charge in [-0.05, 0) is 37.6 Å². The second-order valence-electron chi connectivity index (χ2n) is 5.11. The number of carbonyl (C=O) groups excluding carboxylic acids is 2. The van der Waals surface area contributed by atoms with Crippen LogP contribution < -0.4 is 5.32 Å². The fraction of sp³-hybridized carbons (Fsp3) is 0.429. The van der Waals surface area contributed by atoms with Gasteiger partial charge in [-0.25, -0.2) is 8.42 Å². The molecule has 1 saturated heterocycles. The summed E-state index contributed by atoms with van der Waals surface area (Å²) in [5, 5.41) is 2.53. The summed E-state index contributed by atoms with van der Waals surface area (Å²) in [6.45, 7) is 2.03. The number of nitrogens with zero attached hydrogens (tertiary/aromatic N) is 1. The number of carbonyl (C=O) groups is 2. The van der Waals surface area contributed by atoms with Crippen molar-refractivity contribution < 1.29 is 18.0 Å². The lowest BCUT2D eigenvalue weighted by Gasteiger charge is -2.26. The minimum Gasteiger partial charge on any atom is -0.331 e. The maximum atomic E-state index is 12.3. The Hall–Kier alpha value is -1.41. The van der Waals surface area contributed by atoms with Crippen LogP contribution in [0.15, 0.2) is 28.7 Å². The van der Waals surface area contributed by atoms with E-state index in [0.717, 1.165) is 4.47 Å². The molecule has 1 aliphatic heterocycles. The van der Waals surface area contributed by atoms with Crippen LogP contribution in [-0.2, 0) is 19.4 Å². The van der Waals surface area contributed by atoms with Crippen LogP contribution >= 0.6 is 15.9 Å². The number of rotatable bonds is 3. The van der Waals surface area contributed by atoms with Gasteiger partial charge < -0.3 is 10.2 Å². The van der Waals surface area contributed by atoms with Gasteiger partial charge in [0, 0.05) is 22.7 Å². The number of halogens is 1. The molecular weight excluding hydrogens is 372 g/mol. The van der Waals surface area contributed by atoms with Gasteiger partial charge in [0.25, 0.3) is 0 Å². The molecule has 1 N–H and O–H groups in total. The number of nitrogens with one attached hydrogen (secondary N) is 1. The van der Waals surface area contributed by atoms with Crippen molar-refractivity contribution in [2.75, 3.05) is 23.4 Å². The molecule has 0 aromatic heterocycles. The molecule has 0 aliphatic carbocycles. The Morgan fingerprint density at radius 2 is 1.95 bits per heavy atom. The van der Waals surface area contributed by atoms with E-state index >= 15 is 0 Å². The Kier molecular flexibility index (Phi) is 5.23. The van der Waals surface area contributed by atoms with E-state index in [0.29, 0.717) is 18.7 Å². The maximum Gasteiger partial charge on any atom is 0.313 e. The van der Waals surface area contributed by atoms with Crippen LogP contribution in [0.5, 0.6) is 0 Å². The molecule has 22 heavy (non-hydrogen) atoms. The quantitative estimate of drug-likeness (QED) is 0.793. The molecule has 8 heteroatoms. The van der Waals surface area contributed by atoms with Crippen LogP contribution in [0.25, 0.3) is 0 Å². The third-order valence-corrected chi connectivity index (χ3v) is 5.83. The van der Waals surface area contributed by atoms with Crippen molar-refractivity contribution in [3.63, 3.8) is 0 Å². The molecule has 6 nitrogen and oxygen atoms in total. The average Bonchev–Trinajstić information content (AvgIpc) is 2.82. The third-order valence-electron chi connectivity index (χ3n) is 3.55. The van der Waals surface area contributed by atoms with E-state index in [9.17, 15) is 18.0 Å². The van der Waals surface area contributed by atoms with Crippen molar-refractivity contribution >= 4 is 43.3 Å². The third kappa shape index (κ3) is 4.07. The summed E-state index contributed by atoms with van der Waals surface area (Å²) in [5.74, 6) is -1.46. The van der Waals surface area contributed by atoms with E-state index in [4.69, 9.17) is 0 Å². The SMILES string of the molecule is CCN(C(=O)C(=O)Nc1ccc(Br)cc1)C1CCS(=O)(=O)C1. The van der Waals surface area contributed by atoms with Gasteiger partial charge in [0.1, 0.15) is 0 Å². The Morgan fingerprint density at radius 1 is 1.32 bits per heavy atom. The molecule has 0 saturated carbocycles. The van der Waals surface area contributed by atoms with Crippen LogP contribution in [0.1, 0.15) is 13.3 Å². The summed E-state index contributed by atoms with van der Waals surface area (Å²) >= 11 is 3.29. The molecule has 2 rings (SSSR count). The van der Waals surface area contributed by atoms with E-state index < -0.39 is 27.7 Å². The first-order chi connectivity index (χ1) is 10.3. The molecule has 0 radical (unpaired) electrons. The van der Waals surface area contributed by atoms with E-state index in [-0.39, 0.29) is 11.5 Å². The fourth-order valence-electron chi connectivity index (χ4n) is 2.44. The van der Waals surface area contributed by atoms with Gasteiger partial charge >= 0.3 is 11.8 Å². The van der Waals surface area contributed by atoms with Crippen LogP contribution in [0.4, 0.5) is 5.69 Å². The second-order valence-corrected chi connectivity index (χ2v) is 8.25. The van der Waals surface area contributed by atoms with Crippen LogP contribution in [0, 0.1) is 0 Å². The molecule has 1 aliphatic rings. The second kappa shape index (κ2) is 6.78. The molecule has 120 valence electrons. The normalized spacial score (nSPS) is 19.6. The topological polar surface area (TPSA) is 83.6 Å². The Labute approximate surface area is 137 Å². The Morgan fingerprint density at radius 3 is 2.45 bits per heavy atom. The number of benzene rings is 1. The largest absolute Gasteiger partial charge is 0.331 e. The van der Waals surface area contributed by atoms with Crippen molar-refractivity contribution in [3.8, 4) is 0 Å². The lowest BCUT2D eigenvalue weighted by molar-refractivity contribution is -0.144. The summed E-state index contributed by atoms with van der Waals surface area (Å²) in [5.41, 5.74) is 0.511. The molecular formula is C14H17BrN2O4S. The molecule has 1 aromatic rings. The predicted octanol–water partition coefficient (Wildman–Crippen LogP) is 1.42. The molecule has 1 unspecified atom stereocenters. The van der Waals surface area contributed by atoms with E-state index in [1.165, 1.54) is 4.90 Å². The standard InChI is InChI=1S/C14H17BrN2O4S/c1-2-17(12-7-8-22(20,21)9-12)14(19)13(18)16-11-5-3-10(15)4-6-11/h3-6,12H,2,7-9H2,1H3,(H,16,18). The monoisotopic (exact) mass is 388 g/mol. The summed E-state index contributed by atoms with van der Waals surface area (Å²) < 4.78 is 23.9. The van der Waals surface area contributed by atoms with Gasteiger partial charge in [0.15, 0.2) is 9.84 Å². The fourth-order valence-corrected chi connectivity index (χ4v) is 4.43. The zero-order chi connectivity index (χ0) is 16.3. The number of sulfone groups is 1. The Bertz CT molecular complexity index is 673. The first kappa shape index (κ1) is 17.0. The summed E-state index contributed by atoms with van der Waals surface area (Å²) in [4.78, 5) is 25.6. The maximum absolute atomic E-state index is 12.3. The van der Waals surface area contributed by atoms with Gasteiger partial charge in [-0.3, -0.25) is 9.59 Å². The van der Waals surface area contributed by atoms with Crippen molar-refractivity contribution in [2.24, 2.45) is 0 Å². The molecule has 1 fully saturated rings. The molecule has 2 amide bonds. The number of likely N-dealkylation sites (N-methyl/N-ethyl adjacent to an activating group) is 1. The minimum absolute atomic E-state index is 0.0653. The van der Waals surface area contributed by atoms with Gasteiger partial charge in [0.2, 0.25) is 0 Å². The predicted molar refractivity (Wildman–Crippen MR) is 87.2 cm³/mol. The van der Waals surface area contributed by atoms with Gasteiger partial charge in [-0.1, -0.05) is 15.9 Å². The summed E-state index contributed by atoms with van der Waals surface area (Å²) in [6, 6.07) is 6.43. The number of hydrogen-bond acceptors (Lipinski definition) is 4. The molecule has 1 heterocycles. The van der Waals surface area contributed by atoms with Crippen LogP contribution in [0.2, 0.25) is 0 Å². The number of hydrogen-bond donors (Lipinski definition) is 1. The van der Waals surface area contributed by atoms with Crippen LogP contribution in [-0.4, -0.2) is 49.2 Å². The van der Waals surface area contributed by atoms with E-state index in [1.54, 1.807) is 31.2 Å². The average molecular weight is 389 g/mol. The smallest absolute Gasteiger partial charge is 0.313 e. The van der Waals surface area contributed by atoms with E-state index in [1.807, 2.05) is 0 Å².